The van der Waals surface area contributed by atoms with Gasteiger partial charge in [0.2, 0.25) is 0 Å². The molecule has 0 fully saturated rings. The molecule has 0 aliphatic heterocycles. The minimum absolute atomic E-state index is 0.194. The van der Waals surface area contributed by atoms with Crippen molar-refractivity contribution in [2.75, 3.05) is 0 Å². The monoisotopic (exact) mass is 388 g/mol. The van der Waals surface area contributed by atoms with Crippen LogP contribution in [0.5, 0.6) is 0 Å². The van der Waals surface area contributed by atoms with Gasteiger partial charge in [-0.25, -0.2) is 4.40 Å². The van der Waals surface area contributed by atoms with Crippen LogP contribution in [0.1, 0.15) is 25.2 Å². The Morgan fingerprint density at radius 1 is 1.35 bits per heavy atom. The van der Waals surface area contributed by atoms with Crippen LogP contribution in [0.25, 0.3) is 0 Å². The normalized spacial score (nSPS) is 10.9. The summed E-state index contributed by atoms with van der Waals surface area (Å²) in [6.45, 7) is 3.57. The Morgan fingerprint density at radius 3 is 2.40 bits per heavy atom. The van der Waals surface area contributed by atoms with Crippen LogP contribution in [0.4, 0.5) is 0 Å². The van der Waals surface area contributed by atoms with Gasteiger partial charge in [0.25, 0.3) is 0 Å². The molecule has 0 aliphatic rings. The summed E-state index contributed by atoms with van der Waals surface area (Å²) in [5.74, 6) is 0. The van der Waals surface area contributed by atoms with Gasteiger partial charge >= 0.3 is 33.3 Å². The topological polar surface area (TPSA) is 75.0 Å². The van der Waals surface area contributed by atoms with E-state index in [4.69, 9.17) is 25.5 Å². The van der Waals surface area contributed by atoms with Crippen LogP contribution in [0, 0.1) is 10.7 Å². The number of nitriles is 1. The number of isothiocyanates is 1. The van der Waals surface area contributed by atoms with Crippen molar-refractivity contribution in [2.24, 2.45) is 14.6 Å². The summed E-state index contributed by atoms with van der Waals surface area (Å²) in [7, 11) is 9.53. The van der Waals surface area contributed by atoms with Gasteiger partial charge in [0.15, 0.2) is 5.40 Å². The number of aromatic nitrogens is 1. The summed E-state index contributed by atoms with van der Waals surface area (Å²) in [6, 6.07) is 3.62. The van der Waals surface area contributed by atoms with Gasteiger partial charge in [-0.3, -0.25) is 0 Å². The average molecular weight is 389 g/mol. The molecule has 1 aromatic heterocycles. The standard InChI is InChI=1S/C10H8N5S2.2ClH.Fe/c1-7(14-12-6-16)9-3-4-10(13-9)8(2)15-17-5-11;;;/h3-4H,1-2H3;2*1H;/q-1;;;+3/p-2. The molecular weight excluding hydrogens is 381 g/mol. The fraction of sp³-hybridized carbons (Fsp3) is 0.200. The minimum atomic E-state index is 0.194. The molecule has 0 aromatic carbocycles. The van der Waals surface area contributed by atoms with Gasteiger partial charge in [-0.05, 0) is 26.1 Å². The number of thiocarbonyl (C=S) groups is 1. The van der Waals surface area contributed by atoms with Crippen molar-refractivity contribution in [3.8, 4) is 5.40 Å². The van der Waals surface area contributed by atoms with Gasteiger partial charge in [-0.1, -0.05) is 17.2 Å². The molecule has 0 radical (unpaired) electrons. The molecule has 0 spiro atoms. The predicted molar refractivity (Wildman–Crippen MR) is 84.1 cm³/mol. The van der Waals surface area contributed by atoms with E-state index in [1.807, 2.05) is 17.5 Å². The van der Waals surface area contributed by atoms with E-state index in [9.17, 15) is 0 Å². The third-order valence-electron chi connectivity index (χ3n) is 1.85. The molecule has 5 nitrogen and oxygen atoms in total. The molecule has 0 amide bonds. The molecule has 0 atom stereocenters. The van der Waals surface area contributed by atoms with E-state index in [0.29, 0.717) is 22.8 Å². The van der Waals surface area contributed by atoms with E-state index in [0.717, 1.165) is 11.9 Å². The third kappa shape index (κ3) is 7.83. The summed E-state index contributed by atoms with van der Waals surface area (Å²) in [4.78, 5) is 4.31. The molecule has 0 unspecified atom stereocenters. The number of rotatable bonds is 4. The molecule has 1 aromatic rings. The quantitative estimate of drug-likeness (QED) is 0.196. The zero-order chi connectivity index (χ0) is 15.4. The second-order valence-electron chi connectivity index (χ2n) is 3.00. The first-order chi connectivity index (χ1) is 9.60. The molecule has 1 rings (SSSR count). The van der Waals surface area contributed by atoms with Crippen LogP contribution >= 0.6 is 44.4 Å². The van der Waals surface area contributed by atoms with Crippen LogP contribution in [0.15, 0.2) is 26.7 Å². The van der Waals surface area contributed by atoms with Gasteiger partial charge in [0.05, 0.1) is 17.1 Å². The van der Waals surface area contributed by atoms with Crippen LogP contribution in [0.2, 0.25) is 0 Å². The number of halogens is 2. The van der Waals surface area contributed by atoms with E-state index >= 15 is 0 Å². The van der Waals surface area contributed by atoms with Crippen molar-refractivity contribution in [3.05, 3.63) is 23.5 Å². The Morgan fingerprint density at radius 2 is 1.90 bits per heavy atom. The Balaban J connectivity index is 0.00000110. The van der Waals surface area contributed by atoms with Crippen molar-refractivity contribution in [1.29, 1.82) is 5.26 Å². The molecule has 0 aliphatic carbocycles. The molecule has 1 heterocycles. The van der Waals surface area contributed by atoms with Gasteiger partial charge in [0, 0.05) is 11.4 Å². The van der Waals surface area contributed by atoms with E-state index in [1.165, 1.54) is 0 Å². The molecule has 107 valence electrons. The first kappa shape index (κ1) is 19.4. The predicted octanol–water partition coefficient (Wildman–Crippen LogP) is 3.79. The Kier molecular flexibility index (Phi) is 11.7. The molecular formula is C10H8Cl2FeN5S2. The van der Waals surface area contributed by atoms with Crippen molar-refractivity contribution < 1.29 is 13.1 Å². The molecule has 0 saturated carbocycles. The van der Waals surface area contributed by atoms with E-state index in [-0.39, 0.29) is 13.1 Å². The SMILES string of the molecule is C/C(=N\N=C=S)c1ccc(/C(C)=N/SC#N)[n-]1.[Cl][Fe+][Cl]. The summed E-state index contributed by atoms with van der Waals surface area (Å²) < 4.78 is 3.97. The summed E-state index contributed by atoms with van der Waals surface area (Å²) in [5.41, 5.74) is 2.75. The molecule has 20 heavy (non-hydrogen) atoms. The third-order valence-corrected chi connectivity index (χ3v) is 2.37. The Bertz CT molecular complexity index is 572. The van der Waals surface area contributed by atoms with Crippen LogP contribution < -0.4 is 4.98 Å². The second kappa shape index (κ2) is 12.1. The second-order valence-corrected chi connectivity index (χ2v) is 5.56. The van der Waals surface area contributed by atoms with E-state index < -0.39 is 0 Å². The van der Waals surface area contributed by atoms with Crippen LogP contribution in [-0.2, 0) is 13.1 Å². The zero-order valence-corrected chi connectivity index (χ0v) is 14.6. The van der Waals surface area contributed by atoms with E-state index in [1.54, 1.807) is 13.8 Å². The van der Waals surface area contributed by atoms with Gasteiger partial charge in [-0.2, -0.15) is 5.26 Å². The summed E-state index contributed by atoms with van der Waals surface area (Å²) >= 11 is 5.44. The first-order valence-electron chi connectivity index (χ1n) is 4.81. The van der Waals surface area contributed by atoms with E-state index in [2.05, 4.69) is 37.0 Å². The number of hydrogen-bond donors (Lipinski definition) is 0. The first-order valence-corrected chi connectivity index (χ1v) is 9.03. The molecule has 0 saturated heterocycles. The van der Waals surface area contributed by atoms with Crippen LogP contribution in [-0.4, -0.2) is 16.6 Å². The fourth-order valence-electron chi connectivity index (χ4n) is 1.05. The van der Waals surface area contributed by atoms with Crippen molar-refractivity contribution >= 4 is 60.9 Å². The average Bonchev–Trinajstić information content (AvgIpc) is 2.93. The van der Waals surface area contributed by atoms with Gasteiger partial charge in [0.1, 0.15) is 0 Å². The van der Waals surface area contributed by atoms with Crippen molar-refractivity contribution in [2.45, 2.75) is 13.8 Å². The molecule has 10 heteroatoms. The fourth-order valence-corrected chi connectivity index (χ4v) is 1.36. The maximum absolute atomic E-state index is 8.39. The number of nitrogens with zero attached hydrogens (tertiary/aromatic N) is 5. The molecule has 0 N–H and O–H groups in total. The Labute approximate surface area is 141 Å². The van der Waals surface area contributed by atoms with Gasteiger partial charge < -0.3 is 4.98 Å². The van der Waals surface area contributed by atoms with Crippen LogP contribution in [0.3, 0.4) is 0 Å². The zero-order valence-electron chi connectivity index (χ0n) is 10.3. The molecule has 0 bridgehead atoms. The summed E-state index contributed by atoms with van der Waals surface area (Å²) in [6.07, 6.45) is 0. The van der Waals surface area contributed by atoms with Crippen molar-refractivity contribution in [1.82, 2.24) is 4.98 Å². The number of hydrogen-bond acceptors (Lipinski definition) is 6. The number of thiocyanates is 1. The Hall–Kier alpha value is -0.641. The maximum atomic E-state index is 8.39. The van der Waals surface area contributed by atoms with Crippen molar-refractivity contribution in [3.63, 3.8) is 0 Å². The summed E-state index contributed by atoms with van der Waals surface area (Å²) in [5, 5.41) is 19.7. The van der Waals surface area contributed by atoms with Gasteiger partial charge in [-0.15, -0.1) is 16.5 Å².